The molecule has 0 aliphatic heterocycles. The molecule has 148 valence electrons. The quantitative estimate of drug-likeness (QED) is 0.283. The van der Waals surface area contributed by atoms with E-state index in [1.807, 2.05) is 6.08 Å². The van der Waals surface area contributed by atoms with Crippen molar-refractivity contribution in [1.29, 1.82) is 0 Å². The molecule has 2 aromatic heterocycles. The molecule has 0 fully saturated rings. The predicted octanol–water partition coefficient (Wildman–Crippen LogP) is 7.78. The van der Waals surface area contributed by atoms with Crippen LogP contribution in [-0.2, 0) is 0 Å². The number of nitrogens with zero attached hydrogens (tertiary/aromatic N) is 1. The van der Waals surface area contributed by atoms with Gasteiger partial charge in [-0.25, -0.2) is 0 Å². The first-order chi connectivity index (χ1) is 15.9. The minimum atomic E-state index is 1.17. The number of benzene rings is 4. The molecular formula is C30H19N2+. The van der Waals surface area contributed by atoms with Crippen molar-refractivity contribution >= 4 is 44.9 Å². The van der Waals surface area contributed by atoms with Crippen LogP contribution < -0.4 is 0 Å². The molecule has 0 radical (unpaired) electrons. The zero-order valence-corrected chi connectivity index (χ0v) is 17.3. The van der Waals surface area contributed by atoms with Gasteiger partial charge in [0.1, 0.15) is 17.7 Å². The van der Waals surface area contributed by atoms with Crippen molar-refractivity contribution in [2.45, 2.75) is 0 Å². The van der Waals surface area contributed by atoms with E-state index in [-0.39, 0.29) is 0 Å². The van der Waals surface area contributed by atoms with E-state index < -0.39 is 0 Å². The first kappa shape index (κ1) is 17.3. The van der Waals surface area contributed by atoms with Crippen LogP contribution in [0.15, 0.2) is 97.1 Å². The average molecular weight is 407 g/mol. The van der Waals surface area contributed by atoms with Gasteiger partial charge >= 0.3 is 0 Å². The monoisotopic (exact) mass is 407 g/mol. The number of H-pyrrole nitrogens is 1. The fraction of sp³-hybridized carbons (Fsp3) is 0. The van der Waals surface area contributed by atoms with E-state index in [9.17, 15) is 0 Å². The molecule has 0 saturated heterocycles. The molecule has 2 heterocycles. The Hall–Kier alpha value is -4.39. The summed E-state index contributed by atoms with van der Waals surface area (Å²) in [4.78, 5) is 3.53. The van der Waals surface area contributed by atoms with Gasteiger partial charge in [-0.3, -0.25) is 4.57 Å². The normalized spacial score (nSPS) is 12.5. The summed E-state index contributed by atoms with van der Waals surface area (Å²) in [6, 6.07) is 32.6. The number of rotatable bonds is 2. The van der Waals surface area contributed by atoms with Gasteiger partial charge in [-0.1, -0.05) is 48.5 Å². The second kappa shape index (κ2) is 6.55. The van der Waals surface area contributed by atoms with Crippen molar-refractivity contribution in [3.63, 3.8) is 0 Å². The topological polar surface area (TPSA) is 20.7 Å². The van der Waals surface area contributed by atoms with Crippen LogP contribution in [0, 0.1) is 6.08 Å². The Morgan fingerprint density at radius 2 is 1.41 bits per heavy atom. The maximum absolute atomic E-state index is 3.53. The smallest absolute Gasteiger partial charge is 0.166 e. The summed E-state index contributed by atoms with van der Waals surface area (Å²) in [6.07, 6.45) is 9.52. The van der Waals surface area contributed by atoms with E-state index in [0.717, 1.165) is 0 Å². The van der Waals surface area contributed by atoms with E-state index in [4.69, 9.17) is 0 Å². The van der Waals surface area contributed by atoms with Gasteiger partial charge in [-0.2, -0.15) is 0 Å². The summed E-state index contributed by atoms with van der Waals surface area (Å²) >= 11 is 0. The predicted molar refractivity (Wildman–Crippen MR) is 135 cm³/mol. The fourth-order valence-electron chi connectivity index (χ4n) is 4.97. The number of aromatic amines is 1. The fourth-order valence-corrected chi connectivity index (χ4v) is 4.97. The lowest BCUT2D eigenvalue weighted by molar-refractivity contribution is 1.10. The zero-order chi connectivity index (χ0) is 21.1. The van der Waals surface area contributed by atoms with Crippen LogP contribution in [0.25, 0.3) is 61.7 Å². The van der Waals surface area contributed by atoms with Gasteiger partial charge in [0.2, 0.25) is 0 Å². The third-order valence-electron chi connectivity index (χ3n) is 6.46. The molecule has 0 bridgehead atoms. The highest BCUT2D eigenvalue weighted by atomic mass is 15.0. The van der Waals surface area contributed by atoms with Gasteiger partial charge in [0.05, 0.1) is 17.3 Å². The van der Waals surface area contributed by atoms with Crippen LogP contribution in [0.4, 0.5) is 0 Å². The first-order valence-corrected chi connectivity index (χ1v) is 10.9. The molecule has 4 aromatic carbocycles. The van der Waals surface area contributed by atoms with E-state index in [1.165, 1.54) is 60.8 Å². The van der Waals surface area contributed by atoms with Gasteiger partial charge < -0.3 is 4.98 Å². The Kier molecular flexibility index (Phi) is 3.54. The molecule has 32 heavy (non-hydrogen) atoms. The molecule has 0 amide bonds. The van der Waals surface area contributed by atoms with E-state index in [1.54, 1.807) is 0 Å². The average Bonchev–Trinajstić information content (AvgIpc) is 3.39. The van der Waals surface area contributed by atoms with E-state index in [0.29, 0.717) is 0 Å². The molecule has 0 atom stereocenters. The number of hydrogen-bond donors (Lipinski definition) is 1. The standard InChI is InChI=1S/C30H19N2/c1-2-8-22(9-3-1)32-29-13-7-5-11-24(29)26-19-21(15-17-30(26)32)20-14-16-28-25(18-20)23-10-4-6-12-27(23)31-28/h1-6,8-19,31H/q+1. The molecule has 0 spiro atoms. The minimum Gasteiger partial charge on any atom is -0.355 e. The lowest BCUT2D eigenvalue weighted by Crippen LogP contribution is -1.97. The van der Waals surface area contributed by atoms with Gasteiger partial charge in [-0.15, -0.1) is 0 Å². The first-order valence-electron chi connectivity index (χ1n) is 10.9. The Morgan fingerprint density at radius 1 is 0.656 bits per heavy atom. The highest BCUT2D eigenvalue weighted by molar-refractivity contribution is 6.08. The number of para-hydroxylation sites is 2. The number of hydrogen-bond acceptors (Lipinski definition) is 0. The summed E-state index contributed by atoms with van der Waals surface area (Å²) in [5.41, 5.74) is 9.61. The van der Waals surface area contributed by atoms with Crippen molar-refractivity contribution in [1.82, 2.24) is 9.55 Å². The lowest BCUT2D eigenvalue weighted by Gasteiger charge is -2.06. The van der Waals surface area contributed by atoms with Crippen LogP contribution in [0.1, 0.15) is 11.3 Å². The minimum absolute atomic E-state index is 1.17. The van der Waals surface area contributed by atoms with Crippen LogP contribution >= 0.6 is 0 Å². The van der Waals surface area contributed by atoms with Crippen molar-refractivity contribution in [3.05, 3.63) is 114 Å². The molecule has 1 aliphatic carbocycles. The second-order valence-corrected chi connectivity index (χ2v) is 8.28. The second-order valence-electron chi connectivity index (χ2n) is 8.28. The molecule has 0 saturated carbocycles. The number of allylic oxidation sites excluding steroid dienone is 2. The lowest BCUT2D eigenvalue weighted by atomic mass is 9.99. The van der Waals surface area contributed by atoms with Crippen molar-refractivity contribution < 1.29 is 0 Å². The van der Waals surface area contributed by atoms with Gasteiger partial charge in [0.15, 0.2) is 5.69 Å². The Balaban J connectivity index is 1.47. The largest absolute Gasteiger partial charge is 0.355 e. The maximum Gasteiger partial charge on any atom is 0.166 e. The summed E-state index contributed by atoms with van der Waals surface area (Å²) in [5.74, 6) is 0. The third kappa shape index (κ3) is 2.45. The molecule has 1 aliphatic rings. The molecular weight excluding hydrogens is 388 g/mol. The highest BCUT2D eigenvalue weighted by Gasteiger charge is 2.23. The molecule has 1 N–H and O–H groups in total. The molecule has 2 heteroatoms. The highest BCUT2D eigenvalue weighted by Crippen LogP contribution is 2.37. The summed E-state index contributed by atoms with van der Waals surface area (Å²) in [6.45, 7) is 0. The number of nitrogens with one attached hydrogen (secondary N) is 1. The third-order valence-corrected chi connectivity index (χ3v) is 6.46. The van der Waals surface area contributed by atoms with Crippen LogP contribution in [0.3, 0.4) is 0 Å². The molecule has 0 unspecified atom stereocenters. The summed E-state index contributed by atoms with van der Waals surface area (Å²) in [7, 11) is 0. The van der Waals surface area contributed by atoms with Gasteiger partial charge in [0.25, 0.3) is 0 Å². The maximum atomic E-state index is 3.53. The van der Waals surface area contributed by atoms with E-state index >= 15 is 0 Å². The summed E-state index contributed by atoms with van der Waals surface area (Å²) < 4.78 is 2.33. The van der Waals surface area contributed by atoms with Crippen molar-refractivity contribution in [3.8, 4) is 16.8 Å². The molecule has 6 aromatic rings. The van der Waals surface area contributed by atoms with Crippen LogP contribution in [0.5, 0.6) is 0 Å². The Bertz CT molecular complexity index is 1710. The Morgan fingerprint density at radius 3 is 2.31 bits per heavy atom. The van der Waals surface area contributed by atoms with Gasteiger partial charge in [-0.05, 0) is 53.6 Å². The number of fused-ring (bicyclic) bond motifs is 6. The van der Waals surface area contributed by atoms with E-state index in [2.05, 4.69) is 119 Å². The number of aromatic nitrogens is 2. The van der Waals surface area contributed by atoms with Crippen LogP contribution in [0.2, 0.25) is 0 Å². The van der Waals surface area contributed by atoms with Crippen LogP contribution in [-0.4, -0.2) is 9.55 Å². The zero-order valence-electron chi connectivity index (χ0n) is 17.3. The summed E-state index contributed by atoms with van der Waals surface area (Å²) in [5, 5.41) is 3.79. The van der Waals surface area contributed by atoms with Gasteiger partial charge in [0, 0.05) is 33.3 Å². The molecule has 7 rings (SSSR count). The van der Waals surface area contributed by atoms with Crippen molar-refractivity contribution in [2.75, 3.05) is 0 Å². The Labute approximate surface area is 185 Å². The SMILES string of the molecule is [C+]1=Cc2c(c3cc(-c4ccc5[nH]c6ccccc6c5c4)ccc3n2-c2ccccc2)C=C1. The van der Waals surface area contributed by atoms with Crippen molar-refractivity contribution in [2.24, 2.45) is 0 Å². The molecule has 2 nitrogen and oxygen atoms in total.